The minimum Gasteiger partial charge on any atom is -0.341 e. The minimum atomic E-state index is -0.792. The average molecular weight is 451 g/mol. The molecule has 0 aliphatic carbocycles. The van der Waals surface area contributed by atoms with E-state index in [4.69, 9.17) is 0 Å². The van der Waals surface area contributed by atoms with Crippen LogP contribution < -0.4 is 16.0 Å². The predicted octanol–water partition coefficient (Wildman–Crippen LogP) is 4.94. The smallest absolute Gasteiger partial charge is 0.321 e. The Morgan fingerprint density at radius 3 is 1.97 bits per heavy atom. The van der Waals surface area contributed by atoms with E-state index in [9.17, 15) is 14.4 Å². The second-order valence-corrected chi connectivity index (χ2v) is 8.91. The molecule has 7 nitrogen and oxygen atoms in total. The highest BCUT2D eigenvalue weighted by Crippen LogP contribution is 2.19. The summed E-state index contributed by atoms with van der Waals surface area (Å²) in [6, 6.07) is 15.3. The number of nitrogens with zero attached hydrogens (tertiary/aromatic N) is 1. The monoisotopic (exact) mass is 450 g/mol. The Labute approximate surface area is 195 Å². The summed E-state index contributed by atoms with van der Waals surface area (Å²) in [5, 5.41) is 8.65. The van der Waals surface area contributed by atoms with E-state index in [1.165, 1.54) is 12.8 Å². The fourth-order valence-corrected chi connectivity index (χ4v) is 3.86. The number of anilines is 2. The van der Waals surface area contributed by atoms with Gasteiger partial charge in [0.1, 0.15) is 6.04 Å². The number of hydrogen-bond acceptors (Lipinski definition) is 3. The maximum atomic E-state index is 13.0. The van der Waals surface area contributed by atoms with Crippen LogP contribution in [0.2, 0.25) is 0 Å². The molecular weight excluding hydrogens is 416 g/mol. The number of benzene rings is 2. The van der Waals surface area contributed by atoms with Gasteiger partial charge >= 0.3 is 6.03 Å². The fraction of sp³-hybridized carbons (Fsp3) is 0.423. The molecule has 33 heavy (non-hydrogen) atoms. The molecule has 0 saturated carbocycles. The maximum absolute atomic E-state index is 13.0. The lowest BCUT2D eigenvalue weighted by Gasteiger charge is -2.21. The van der Waals surface area contributed by atoms with Crippen LogP contribution >= 0.6 is 0 Å². The van der Waals surface area contributed by atoms with Crippen molar-refractivity contribution in [2.45, 2.75) is 52.0 Å². The van der Waals surface area contributed by atoms with Crippen molar-refractivity contribution in [2.75, 3.05) is 23.7 Å². The van der Waals surface area contributed by atoms with Crippen LogP contribution in [0.5, 0.6) is 0 Å². The number of likely N-dealkylation sites (tertiary alicyclic amines) is 1. The summed E-state index contributed by atoms with van der Waals surface area (Å²) >= 11 is 0. The summed E-state index contributed by atoms with van der Waals surface area (Å²) in [4.78, 5) is 39.8. The standard InChI is InChI=1S/C26H34N4O3/c1-19(2)18-23(31)29-24(20-10-6-5-7-11-20)25(32)27-21-12-14-22(15-13-21)28-26(33)30-16-8-3-4-9-17-30/h5-7,10-15,19,24H,3-4,8-9,16-18H2,1-2H3,(H,27,32)(H,28,33)(H,29,31). The molecule has 1 unspecified atom stereocenters. The molecule has 0 aromatic heterocycles. The molecule has 1 aliphatic rings. The van der Waals surface area contributed by atoms with Crippen LogP contribution in [0.1, 0.15) is 57.6 Å². The topological polar surface area (TPSA) is 90.5 Å². The van der Waals surface area contributed by atoms with Crippen molar-refractivity contribution >= 4 is 29.2 Å². The van der Waals surface area contributed by atoms with Gasteiger partial charge in [-0.05, 0) is 48.6 Å². The minimum absolute atomic E-state index is 0.0920. The van der Waals surface area contributed by atoms with Gasteiger partial charge in [-0.3, -0.25) is 9.59 Å². The second kappa shape index (κ2) is 12.0. The van der Waals surface area contributed by atoms with Crippen LogP contribution in [-0.4, -0.2) is 35.8 Å². The lowest BCUT2D eigenvalue weighted by Crippen LogP contribution is -2.37. The molecule has 7 heteroatoms. The molecule has 1 saturated heterocycles. The van der Waals surface area contributed by atoms with E-state index in [1.807, 2.05) is 49.1 Å². The summed E-state index contributed by atoms with van der Waals surface area (Å²) in [6.07, 6.45) is 4.76. The van der Waals surface area contributed by atoms with E-state index in [-0.39, 0.29) is 23.8 Å². The molecule has 0 radical (unpaired) electrons. The highest BCUT2D eigenvalue weighted by atomic mass is 16.2. The van der Waals surface area contributed by atoms with Crippen LogP contribution in [0.3, 0.4) is 0 Å². The number of rotatable bonds is 7. The number of nitrogens with one attached hydrogen (secondary N) is 3. The van der Waals surface area contributed by atoms with E-state index >= 15 is 0 Å². The van der Waals surface area contributed by atoms with E-state index in [1.54, 1.807) is 24.3 Å². The van der Waals surface area contributed by atoms with Crippen LogP contribution in [0.25, 0.3) is 0 Å². The third kappa shape index (κ3) is 7.63. The Hall–Kier alpha value is -3.35. The van der Waals surface area contributed by atoms with Crippen molar-refractivity contribution in [3.63, 3.8) is 0 Å². The summed E-state index contributed by atoms with van der Waals surface area (Å²) in [6.45, 7) is 5.49. The maximum Gasteiger partial charge on any atom is 0.321 e. The van der Waals surface area contributed by atoms with Crippen LogP contribution in [0, 0.1) is 5.92 Å². The SMILES string of the molecule is CC(C)CC(=O)NC(C(=O)Nc1ccc(NC(=O)N2CCCCCC2)cc1)c1ccccc1. The van der Waals surface area contributed by atoms with Crippen molar-refractivity contribution in [3.8, 4) is 0 Å². The van der Waals surface area contributed by atoms with Crippen LogP contribution in [0.15, 0.2) is 54.6 Å². The van der Waals surface area contributed by atoms with Crippen molar-refractivity contribution in [2.24, 2.45) is 5.92 Å². The third-order valence-electron chi connectivity index (χ3n) is 5.59. The average Bonchev–Trinajstić information content (AvgIpc) is 3.08. The van der Waals surface area contributed by atoms with E-state index in [0.717, 1.165) is 25.9 Å². The molecule has 176 valence electrons. The summed E-state index contributed by atoms with van der Waals surface area (Å²) < 4.78 is 0. The van der Waals surface area contributed by atoms with Crippen molar-refractivity contribution < 1.29 is 14.4 Å². The normalized spacial score (nSPS) is 14.8. The van der Waals surface area contributed by atoms with Gasteiger partial charge in [0.25, 0.3) is 5.91 Å². The lowest BCUT2D eigenvalue weighted by atomic mass is 10.0. The summed E-state index contributed by atoms with van der Waals surface area (Å²) in [5.74, 6) is -0.290. The second-order valence-electron chi connectivity index (χ2n) is 8.91. The Bertz CT molecular complexity index is 920. The number of hydrogen-bond donors (Lipinski definition) is 3. The van der Waals surface area contributed by atoms with E-state index < -0.39 is 6.04 Å². The molecule has 2 aromatic carbocycles. The van der Waals surface area contributed by atoms with Crippen LogP contribution in [0.4, 0.5) is 16.2 Å². The highest BCUT2D eigenvalue weighted by Gasteiger charge is 2.23. The first-order chi connectivity index (χ1) is 15.9. The molecule has 3 N–H and O–H groups in total. The first kappa shape index (κ1) is 24.3. The van der Waals surface area contributed by atoms with Gasteiger partial charge in [0, 0.05) is 30.9 Å². The van der Waals surface area contributed by atoms with E-state index in [2.05, 4.69) is 16.0 Å². The third-order valence-corrected chi connectivity index (χ3v) is 5.59. The van der Waals surface area contributed by atoms with Crippen LogP contribution in [-0.2, 0) is 9.59 Å². The molecule has 1 aliphatic heterocycles. The van der Waals surface area contributed by atoms with Gasteiger partial charge in [-0.1, -0.05) is 57.0 Å². The molecule has 0 bridgehead atoms. The molecule has 2 aromatic rings. The lowest BCUT2D eigenvalue weighted by molar-refractivity contribution is -0.127. The van der Waals surface area contributed by atoms with Gasteiger partial charge in [0.2, 0.25) is 5.91 Å². The number of amides is 4. The van der Waals surface area contributed by atoms with Crippen molar-refractivity contribution in [1.29, 1.82) is 0 Å². The predicted molar refractivity (Wildman–Crippen MR) is 131 cm³/mol. The summed E-state index contributed by atoms with van der Waals surface area (Å²) in [7, 11) is 0. The first-order valence-electron chi connectivity index (χ1n) is 11.7. The van der Waals surface area contributed by atoms with Gasteiger partial charge in [-0.25, -0.2) is 4.79 Å². The fourth-order valence-electron chi connectivity index (χ4n) is 3.86. The molecule has 0 spiro atoms. The van der Waals surface area contributed by atoms with Gasteiger partial charge in [-0.15, -0.1) is 0 Å². The zero-order valence-corrected chi connectivity index (χ0v) is 19.5. The molecule has 3 rings (SSSR count). The zero-order valence-electron chi connectivity index (χ0n) is 19.5. The molecule has 4 amide bonds. The van der Waals surface area contributed by atoms with Crippen molar-refractivity contribution in [3.05, 3.63) is 60.2 Å². The molecule has 1 heterocycles. The summed E-state index contributed by atoms with van der Waals surface area (Å²) in [5.41, 5.74) is 1.98. The Balaban J connectivity index is 1.63. The number of carbonyl (C=O) groups excluding carboxylic acids is 3. The molecule has 1 atom stereocenters. The molecular formula is C26H34N4O3. The van der Waals surface area contributed by atoms with Gasteiger partial charge in [-0.2, -0.15) is 0 Å². The van der Waals surface area contributed by atoms with E-state index in [0.29, 0.717) is 23.4 Å². The van der Waals surface area contributed by atoms with Crippen molar-refractivity contribution in [1.82, 2.24) is 10.2 Å². The zero-order chi connectivity index (χ0) is 23.6. The quantitative estimate of drug-likeness (QED) is 0.558. The van der Waals surface area contributed by atoms with Gasteiger partial charge < -0.3 is 20.9 Å². The Morgan fingerprint density at radius 2 is 1.39 bits per heavy atom. The largest absolute Gasteiger partial charge is 0.341 e. The molecule has 1 fully saturated rings. The van der Waals surface area contributed by atoms with Gasteiger partial charge in [0.05, 0.1) is 0 Å². The number of carbonyl (C=O) groups is 3. The Kier molecular flexibility index (Phi) is 8.87. The highest BCUT2D eigenvalue weighted by molar-refractivity contribution is 5.98. The van der Waals surface area contributed by atoms with Gasteiger partial charge in [0.15, 0.2) is 0 Å². The number of urea groups is 1. The first-order valence-corrected chi connectivity index (χ1v) is 11.7. The Morgan fingerprint density at radius 1 is 0.818 bits per heavy atom.